The Morgan fingerprint density at radius 1 is 1.39 bits per heavy atom. The first-order valence-corrected chi connectivity index (χ1v) is 6.58. The zero-order valence-electron chi connectivity index (χ0n) is 9.68. The molecule has 2 aromatic rings. The number of halogens is 1. The smallest absolute Gasteiger partial charge is 0.336 e. The van der Waals surface area contributed by atoms with E-state index < -0.39 is 5.97 Å². The van der Waals surface area contributed by atoms with Gasteiger partial charge in [-0.1, -0.05) is 29.8 Å². The van der Waals surface area contributed by atoms with E-state index in [2.05, 4.69) is 0 Å². The van der Waals surface area contributed by atoms with Gasteiger partial charge in [-0.3, -0.25) is 0 Å². The zero-order valence-corrected chi connectivity index (χ0v) is 11.3. The quantitative estimate of drug-likeness (QED) is 0.848. The van der Waals surface area contributed by atoms with Crippen molar-refractivity contribution in [3.8, 4) is 0 Å². The molecule has 2 rings (SSSR count). The molecule has 1 aromatic heterocycles. The van der Waals surface area contributed by atoms with Crippen LogP contribution in [0.15, 0.2) is 35.7 Å². The van der Waals surface area contributed by atoms with Gasteiger partial charge in [0.25, 0.3) is 0 Å². The predicted molar refractivity (Wildman–Crippen MR) is 76.0 cm³/mol. The minimum Gasteiger partial charge on any atom is -0.478 e. The number of thiophene rings is 1. The van der Waals surface area contributed by atoms with Crippen LogP contribution in [-0.2, 0) is 4.79 Å². The van der Waals surface area contributed by atoms with Crippen LogP contribution in [0.2, 0.25) is 5.02 Å². The molecule has 0 fully saturated rings. The van der Waals surface area contributed by atoms with Crippen LogP contribution >= 0.6 is 22.9 Å². The Bertz CT molecular complexity index is 614. The van der Waals surface area contributed by atoms with E-state index in [1.807, 2.05) is 18.4 Å². The molecule has 0 radical (unpaired) electrons. The molecule has 0 aliphatic heterocycles. The minimum atomic E-state index is -0.978. The summed E-state index contributed by atoms with van der Waals surface area (Å²) in [5, 5.41) is 11.7. The Balaban J connectivity index is 2.50. The lowest BCUT2D eigenvalue weighted by molar-refractivity contribution is -0.130. The maximum Gasteiger partial charge on any atom is 0.336 e. The number of rotatable bonds is 3. The van der Waals surface area contributed by atoms with Crippen molar-refractivity contribution < 1.29 is 9.90 Å². The average molecular weight is 279 g/mol. The molecule has 0 spiro atoms. The van der Waals surface area contributed by atoms with Gasteiger partial charge in [-0.15, -0.1) is 11.3 Å². The molecule has 0 aliphatic rings. The molecular weight excluding hydrogens is 268 g/mol. The summed E-state index contributed by atoms with van der Waals surface area (Å²) in [5.41, 5.74) is 1.87. The number of carbonyl (C=O) groups is 1. The molecule has 4 heteroatoms. The van der Waals surface area contributed by atoms with Crippen molar-refractivity contribution in [2.75, 3.05) is 0 Å². The van der Waals surface area contributed by atoms with Crippen LogP contribution in [0.1, 0.15) is 16.0 Å². The van der Waals surface area contributed by atoms with Crippen LogP contribution in [-0.4, -0.2) is 11.1 Å². The average Bonchev–Trinajstić information content (AvgIpc) is 2.73. The summed E-state index contributed by atoms with van der Waals surface area (Å²) in [6, 6.07) is 8.90. The molecular formula is C14H11ClO2S. The topological polar surface area (TPSA) is 37.3 Å². The van der Waals surface area contributed by atoms with Crippen molar-refractivity contribution in [3.63, 3.8) is 0 Å². The fourth-order valence-electron chi connectivity index (χ4n) is 1.61. The van der Waals surface area contributed by atoms with Crippen LogP contribution < -0.4 is 0 Å². The van der Waals surface area contributed by atoms with Crippen LogP contribution in [0, 0.1) is 6.92 Å². The Hall–Kier alpha value is -1.58. The molecule has 0 unspecified atom stereocenters. The fraction of sp³-hybridized carbons (Fsp3) is 0.0714. The van der Waals surface area contributed by atoms with Crippen molar-refractivity contribution in [2.24, 2.45) is 0 Å². The third-order valence-corrected chi connectivity index (χ3v) is 3.76. The van der Waals surface area contributed by atoms with Gasteiger partial charge in [-0.05, 0) is 36.1 Å². The van der Waals surface area contributed by atoms with Gasteiger partial charge in [0.05, 0.1) is 5.57 Å². The molecule has 2 nitrogen and oxygen atoms in total. The second-order valence-electron chi connectivity index (χ2n) is 3.87. The largest absolute Gasteiger partial charge is 0.478 e. The Morgan fingerprint density at radius 2 is 2.11 bits per heavy atom. The van der Waals surface area contributed by atoms with E-state index in [9.17, 15) is 9.90 Å². The first kappa shape index (κ1) is 12.9. The van der Waals surface area contributed by atoms with E-state index in [0.29, 0.717) is 10.6 Å². The maximum absolute atomic E-state index is 11.3. The lowest BCUT2D eigenvalue weighted by atomic mass is 10.1. The molecule has 0 amide bonds. The molecule has 0 aliphatic carbocycles. The third-order valence-electron chi connectivity index (χ3n) is 2.43. The highest BCUT2D eigenvalue weighted by molar-refractivity contribution is 7.11. The van der Waals surface area contributed by atoms with E-state index in [1.165, 1.54) is 11.3 Å². The number of aliphatic carboxylic acids is 1. The fourth-order valence-corrected chi connectivity index (χ4v) is 2.67. The standard InChI is InChI=1S/C14H11ClO2S/c1-9-6-10(18-8-9)7-12(14(16)17)11-4-2-3-5-13(11)15/h2-8H,1H3,(H,16,17). The Morgan fingerprint density at radius 3 is 2.67 bits per heavy atom. The van der Waals surface area contributed by atoms with Gasteiger partial charge in [-0.2, -0.15) is 0 Å². The van der Waals surface area contributed by atoms with E-state index >= 15 is 0 Å². The Kier molecular flexibility index (Phi) is 3.84. The number of benzene rings is 1. The zero-order chi connectivity index (χ0) is 13.1. The van der Waals surface area contributed by atoms with Crippen molar-refractivity contribution in [1.82, 2.24) is 0 Å². The molecule has 0 atom stereocenters. The molecule has 0 saturated carbocycles. The monoisotopic (exact) mass is 278 g/mol. The van der Waals surface area contributed by atoms with E-state index in [0.717, 1.165) is 10.4 Å². The summed E-state index contributed by atoms with van der Waals surface area (Å²) in [7, 11) is 0. The molecule has 1 aromatic carbocycles. The number of aryl methyl sites for hydroxylation is 1. The number of carboxylic acids is 1. The van der Waals surface area contributed by atoms with Gasteiger partial charge in [-0.25, -0.2) is 4.79 Å². The summed E-state index contributed by atoms with van der Waals surface area (Å²) in [6.07, 6.45) is 1.65. The Labute approximate surface area is 114 Å². The van der Waals surface area contributed by atoms with Gasteiger partial charge in [0.15, 0.2) is 0 Å². The van der Waals surface area contributed by atoms with Gasteiger partial charge >= 0.3 is 5.97 Å². The number of hydrogen-bond donors (Lipinski definition) is 1. The first-order chi connectivity index (χ1) is 8.58. The molecule has 1 N–H and O–H groups in total. The number of carboxylic acid groups (broad SMARTS) is 1. The van der Waals surface area contributed by atoms with Gasteiger partial charge < -0.3 is 5.11 Å². The lowest BCUT2D eigenvalue weighted by Gasteiger charge is -2.04. The number of hydrogen-bond acceptors (Lipinski definition) is 2. The first-order valence-electron chi connectivity index (χ1n) is 5.33. The van der Waals surface area contributed by atoms with Crippen molar-refractivity contribution in [3.05, 3.63) is 56.7 Å². The van der Waals surface area contributed by atoms with Crippen LogP contribution in [0.3, 0.4) is 0 Å². The SMILES string of the molecule is Cc1csc(C=C(C(=O)O)c2ccccc2Cl)c1. The summed E-state index contributed by atoms with van der Waals surface area (Å²) >= 11 is 7.55. The summed E-state index contributed by atoms with van der Waals surface area (Å²) in [4.78, 5) is 12.2. The maximum atomic E-state index is 11.3. The second-order valence-corrected chi connectivity index (χ2v) is 5.22. The minimum absolute atomic E-state index is 0.211. The molecule has 92 valence electrons. The van der Waals surface area contributed by atoms with Crippen LogP contribution in [0.4, 0.5) is 0 Å². The third kappa shape index (κ3) is 2.81. The summed E-state index contributed by atoms with van der Waals surface area (Å²) in [5.74, 6) is -0.978. The second kappa shape index (κ2) is 5.38. The van der Waals surface area contributed by atoms with Crippen molar-refractivity contribution in [1.29, 1.82) is 0 Å². The van der Waals surface area contributed by atoms with Gasteiger partial charge in [0.2, 0.25) is 0 Å². The van der Waals surface area contributed by atoms with Crippen molar-refractivity contribution in [2.45, 2.75) is 6.92 Å². The summed E-state index contributed by atoms with van der Waals surface area (Å²) in [6.45, 7) is 1.98. The normalized spacial score (nSPS) is 11.6. The van der Waals surface area contributed by atoms with Crippen LogP contribution in [0.5, 0.6) is 0 Å². The highest BCUT2D eigenvalue weighted by atomic mass is 35.5. The van der Waals surface area contributed by atoms with E-state index in [4.69, 9.17) is 11.6 Å². The molecule has 0 saturated heterocycles. The van der Waals surface area contributed by atoms with Crippen LogP contribution in [0.25, 0.3) is 11.6 Å². The van der Waals surface area contributed by atoms with E-state index in [1.54, 1.807) is 30.3 Å². The molecule has 0 bridgehead atoms. The highest BCUT2D eigenvalue weighted by Crippen LogP contribution is 2.27. The van der Waals surface area contributed by atoms with Crippen molar-refractivity contribution >= 4 is 40.6 Å². The van der Waals surface area contributed by atoms with Gasteiger partial charge in [0, 0.05) is 15.5 Å². The molecule has 1 heterocycles. The molecule has 18 heavy (non-hydrogen) atoms. The van der Waals surface area contributed by atoms with E-state index in [-0.39, 0.29) is 5.57 Å². The lowest BCUT2D eigenvalue weighted by Crippen LogP contribution is -1.99. The van der Waals surface area contributed by atoms with Gasteiger partial charge in [0.1, 0.15) is 0 Å². The summed E-state index contributed by atoms with van der Waals surface area (Å²) < 4.78 is 0. The predicted octanol–water partition coefficient (Wildman–Crippen LogP) is 4.34. The highest BCUT2D eigenvalue weighted by Gasteiger charge is 2.13.